The van der Waals surface area contributed by atoms with Gasteiger partial charge in [0.2, 0.25) is 0 Å². The maximum Gasteiger partial charge on any atom is 0.117 e. The average Bonchev–Trinajstić information content (AvgIpc) is 2.64. The summed E-state index contributed by atoms with van der Waals surface area (Å²) >= 11 is 0. The molecule has 1 aromatic rings. The van der Waals surface area contributed by atoms with Crippen molar-refractivity contribution in [3.8, 4) is 0 Å². The Morgan fingerprint density at radius 3 is 2.79 bits per heavy atom. The number of hydrogen-bond acceptors (Lipinski definition) is 2. The van der Waals surface area contributed by atoms with Gasteiger partial charge >= 0.3 is 0 Å². The van der Waals surface area contributed by atoms with Crippen LogP contribution in [0.15, 0.2) is 22.8 Å². The summed E-state index contributed by atoms with van der Waals surface area (Å²) in [5.74, 6) is 1.37. The van der Waals surface area contributed by atoms with E-state index in [4.69, 9.17) is 4.42 Å². The van der Waals surface area contributed by atoms with E-state index in [2.05, 4.69) is 19.2 Å². The van der Waals surface area contributed by atoms with Crippen molar-refractivity contribution < 1.29 is 8.81 Å². The van der Waals surface area contributed by atoms with Crippen LogP contribution in [-0.4, -0.2) is 12.7 Å². The van der Waals surface area contributed by atoms with Crippen molar-refractivity contribution in [2.24, 2.45) is 5.92 Å². The first-order valence-electron chi connectivity index (χ1n) is 5.04. The number of furan rings is 1. The van der Waals surface area contributed by atoms with Crippen LogP contribution in [0, 0.1) is 5.92 Å². The second-order valence-electron chi connectivity index (χ2n) is 3.94. The molecule has 0 aliphatic heterocycles. The highest BCUT2D eigenvalue weighted by molar-refractivity contribution is 4.97. The molecule has 0 radical (unpaired) electrons. The van der Waals surface area contributed by atoms with Crippen LogP contribution in [-0.2, 0) is 6.54 Å². The Kier molecular flexibility index (Phi) is 4.66. The van der Waals surface area contributed by atoms with Gasteiger partial charge < -0.3 is 9.73 Å². The Morgan fingerprint density at radius 1 is 1.50 bits per heavy atom. The van der Waals surface area contributed by atoms with Crippen LogP contribution in [0.5, 0.6) is 0 Å². The summed E-state index contributed by atoms with van der Waals surface area (Å²) in [6.45, 7) is 4.47. The second-order valence-corrected chi connectivity index (χ2v) is 3.94. The maximum absolute atomic E-state index is 12.6. The summed E-state index contributed by atoms with van der Waals surface area (Å²) in [4.78, 5) is 0. The summed E-state index contributed by atoms with van der Waals surface area (Å²) in [6, 6.07) is 3.67. The zero-order valence-corrected chi connectivity index (χ0v) is 8.79. The Hall–Kier alpha value is -0.830. The van der Waals surface area contributed by atoms with E-state index in [1.54, 1.807) is 6.26 Å². The Labute approximate surface area is 84.5 Å². The average molecular weight is 199 g/mol. The van der Waals surface area contributed by atoms with E-state index in [0.29, 0.717) is 12.5 Å². The van der Waals surface area contributed by atoms with Gasteiger partial charge in [0.05, 0.1) is 12.8 Å². The quantitative estimate of drug-likeness (QED) is 0.762. The number of alkyl halides is 1. The van der Waals surface area contributed by atoms with Gasteiger partial charge in [-0.3, -0.25) is 0 Å². The standard InChI is InChI=1S/C11H18FNO/c1-9(2)6-10(7-12)13-8-11-4-3-5-14-11/h3-5,9-10,13H,6-8H2,1-2H3. The van der Waals surface area contributed by atoms with E-state index in [1.807, 2.05) is 12.1 Å². The maximum atomic E-state index is 12.6. The predicted octanol–water partition coefficient (Wildman–Crippen LogP) is 2.75. The molecular formula is C11H18FNO. The van der Waals surface area contributed by atoms with E-state index in [0.717, 1.165) is 12.2 Å². The lowest BCUT2D eigenvalue weighted by Gasteiger charge is -2.16. The first-order chi connectivity index (χ1) is 6.72. The van der Waals surface area contributed by atoms with Gasteiger partial charge in [0, 0.05) is 6.04 Å². The van der Waals surface area contributed by atoms with Crippen molar-refractivity contribution >= 4 is 0 Å². The van der Waals surface area contributed by atoms with Gasteiger partial charge in [0.15, 0.2) is 0 Å². The highest BCUT2D eigenvalue weighted by Gasteiger charge is 2.10. The molecule has 0 saturated heterocycles. The minimum atomic E-state index is -0.321. The molecule has 1 heterocycles. The van der Waals surface area contributed by atoms with E-state index in [9.17, 15) is 4.39 Å². The number of nitrogens with one attached hydrogen (secondary N) is 1. The number of rotatable bonds is 6. The molecule has 0 fully saturated rings. The predicted molar refractivity (Wildman–Crippen MR) is 54.8 cm³/mol. The first kappa shape index (κ1) is 11.2. The molecule has 1 rings (SSSR count). The number of halogens is 1. The Balaban J connectivity index is 2.27. The zero-order chi connectivity index (χ0) is 10.4. The Bertz CT molecular complexity index is 233. The van der Waals surface area contributed by atoms with Crippen LogP contribution in [0.25, 0.3) is 0 Å². The van der Waals surface area contributed by atoms with Crippen LogP contribution < -0.4 is 5.32 Å². The van der Waals surface area contributed by atoms with Crippen molar-refractivity contribution in [3.63, 3.8) is 0 Å². The van der Waals surface area contributed by atoms with E-state index in [1.165, 1.54) is 0 Å². The van der Waals surface area contributed by atoms with E-state index in [-0.39, 0.29) is 12.7 Å². The lowest BCUT2D eigenvalue weighted by molar-refractivity contribution is 0.320. The van der Waals surface area contributed by atoms with Crippen LogP contribution in [0.4, 0.5) is 4.39 Å². The van der Waals surface area contributed by atoms with Gasteiger partial charge in [-0.15, -0.1) is 0 Å². The van der Waals surface area contributed by atoms with Crippen LogP contribution in [0.2, 0.25) is 0 Å². The minimum Gasteiger partial charge on any atom is -0.468 e. The molecule has 1 aromatic heterocycles. The summed E-state index contributed by atoms with van der Waals surface area (Å²) in [7, 11) is 0. The SMILES string of the molecule is CC(C)CC(CF)NCc1ccco1. The topological polar surface area (TPSA) is 25.2 Å². The van der Waals surface area contributed by atoms with Gasteiger partial charge in [-0.25, -0.2) is 4.39 Å². The van der Waals surface area contributed by atoms with Crippen molar-refractivity contribution in [2.45, 2.75) is 32.9 Å². The Morgan fingerprint density at radius 2 is 2.29 bits per heavy atom. The lowest BCUT2D eigenvalue weighted by atomic mass is 10.0. The molecule has 0 amide bonds. The highest BCUT2D eigenvalue weighted by atomic mass is 19.1. The zero-order valence-electron chi connectivity index (χ0n) is 8.79. The molecule has 0 aliphatic rings. The summed E-state index contributed by atoms with van der Waals surface area (Å²) in [6.07, 6.45) is 2.49. The van der Waals surface area contributed by atoms with Gasteiger partial charge in [-0.05, 0) is 24.5 Å². The van der Waals surface area contributed by atoms with E-state index < -0.39 is 0 Å². The highest BCUT2D eigenvalue weighted by Crippen LogP contribution is 2.07. The molecule has 0 saturated carbocycles. The molecule has 1 atom stereocenters. The third kappa shape index (κ3) is 3.92. The molecule has 3 heteroatoms. The fourth-order valence-electron chi connectivity index (χ4n) is 1.43. The van der Waals surface area contributed by atoms with Gasteiger partial charge in [0.1, 0.15) is 12.4 Å². The minimum absolute atomic E-state index is 0.0555. The van der Waals surface area contributed by atoms with Crippen LogP contribution in [0.1, 0.15) is 26.0 Å². The smallest absolute Gasteiger partial charge is 0.117 e. The molecule has 0 spiro atoms. The largest absolute Gasteiger partial charge is 0.468 e. The van der Waals surface area contributed by atoms with Crippen molar-refractivity contribution in [1.82, 2.24) is 5.32 Å². The third-order valence-electron chi connectivity index (χ3n) is 2.09. The molecule has 0 aliphatic carbocycles. The molecule has 80 valence electrons. The molecule has 1 N–H and O–H groups in total. The van der Waals surface area contributed by atoms with Crippen molar-refractivity contribution in [2.75, 3.05) is 6.67 Å². The normalized spacial score (nSPS) is 13.4. The monoisotopic (exact) mass is 199 g/mol. The molecular weight excluding hydrogens is 181 g/mol. The fraction of sp³-hybridized carbons (Fsp3) is 0.636. The summed E-state index contributed by atoms with van der Waals surface area (Å²) in [5.41, 5.74) is 0. The molecule has 14 heavy (non-hydrogen) atoms. The molecule has 2 nitrogen and oxygen atoms in total. The third-order valence-corrected chi connectivity index (χ3v) is 2.09. The van der Waals surface area contributed by atoms with Crippen LogP contribution >= 0.6 is 0 Å². The second kappa shape index (κ2) is 5.81. The molecule has 0 aromatic carbocycles. The first-order valence-corrected chi connectivity index (χ1v) is 5.04. The van der Waals surface area contributed by atoms with Gasteiger partial charge in [0.25, 0.3) is 0 Å². The van der Waals surface area contributed by atoms with E-state index >= 15 is 0 Å². The van der Waals surface area contributed by atoms with Crippen molar-refractivity contribution in [1.29, 1.82) is 0 Å². The number of hydrogen-bond donors (Lipinski definition) is 1. The van der Waals surface area contributed by atoms with Gasteiger partial charge in [-0.1, -0.05) is 13.8 Å². The summed E-state index contributed by atoms with van der Waals surface area (Å²) in [5, 5.41) is 3.13. The lowest BCUT2D eigenvalue weighted by Crippen LogP contribution is -2.31. The van der Waals surface area contributed by atoms with Crippen molar-refractivity contribution in [3.05, 3.63) is 24.2 Å². The molecule has 0 bridgehead atoms. The summed E-state index contributed by atoms with van der Waals surface area (Å²) < 4.78 is 17.7. The fourth-order valence-corrected chi connectivity index (χ4v) is 1.43. The van der Waals surface area contributed by atoms with Crippen LogP contribution in [0.3, 0.4) is 0 Å². The molecule has 1 unspecified atom stereocenters. The van der Waals surface area contributed by atoms with Gasteiger partial charge in [-0.2, -0.15) is 0 Å².